The monoisotopic (exact) mass is 368 g/mol. The summed E-state index contributed by atoms with van der Waals surface area (Å²) in [6, 6.07) is 13.9. The van der Waals surface area contributed by atoms with Gasteiger partial charge in [0.15, 0.2) is 5.17 Å². The highest BCUT2D eigenvalue weighted by molar-refractivity contribution is 8.18. The van der Waals surface area contributed by atoms with Gasteiger partial charge >= 0.3 is 0 Å². The predicted octanol–water partition coefficient (Wildman–Crippen LogP) is 3.55. The van der Waals surface area contributed by atoms with Crippen molar-refractivity contribution in [3.8, 4) is 0 Å². The van der Waals surface area contributed by atoms with Gasteiger partial charge in [0.2, 0.25) is 0 Å². The van der Waals surface area contributed by atoms with E-state index in [9.17, 15) is 14.9 Å². The van der Waals surface area contributed by atoms with Crippen LogP contribution in [0.2, 0.25) is 0 Å². The van der Waals surface area contributed by atoms with E-state index in [1.165, 1.54) is 6.07 Å². The van der Waals surface area contributed by atoms with Crippen molar-refractivity contribution in [2.45, 2.75) is 0 Å². The fourth-order valence-corrected chi connectivity index (χ4v) is 3.16. The number of para-hydroxylation sites is 2. The van der Waals surface area contributed by atoms with Crippen LogP contribution in [0.1, 0.15) is 5.56 Å². The van der Waals surface area contributed by atoms with Crippen molar-refractivity contribution >= 4 is 46.0 Å². The first kappa shape index (κ1) is 17.7. The predicted molar refractivity (Wildman–Crippen MR) is 105 cm³/mol. The fraction of sp³-hybridized carbons (Fsp3) is 0.111. The van der Waals surface area contributed by atoms with Crippen LogP contribution >= 0.6 is 11.8 Å². The number of benzene rings is 2. The molecular formula is C18H16N4O3S. The van der Waals surface area contributed by atoms with Crippen LogP contribution in [0.15, 0.2) is 58.4 Å². The van der Waals surface area contributed by atoms with Crippen LogP contribution in [0.25, 0.3) is 6.08 Å². The average Bonchev–Trinajstić information content (AvgIpc) is 2.95. The number of carbonyl (C=O) groups is 1. The summed E-state index contributed by atoms with van der Waals surface area (Å²) in [5.74, 6) is -0.274. The molecule has 132 valence electrons. The van der Waals surface area contributed by atoms with Crippen LogP contribution in [-0.2, 0) is 4.79 Å². The van der Waals surface area contributed by atoms with E-state index in [4.69, 9.17) is 0 Å². The van der Waals surface area contributed by atoms with Gasteiger partial charge in [-0.1, -0.05) is 24.3 Å². The topological polar surface area (TPSA) is 87.8 Å². The molecule has 1 heterocycles. The average molecular weight is 368 g/mol. The minimum absolute atomic E-state index is 0.105. The minimum atomic E-state index is -0.496. The summed E-state index contributed by atoms with van der Waals surface area (Å²) < 4.78 is 0. The van der Waals surface area contributed by atoms with Crippen LogP contribution in [0, 0.1) is 10.1 Å². The van der Waals surface area contributed by atoms with E-state index in [-0.39, 0.29) is 17.3 Å². The molecule has 1 fully saturated rings. The van der Waals surface area contributed by atoms with E-state index in [0.29, 0.717) is 10.1 Å². The maximum atomic E-state index is 12.2. The summed E-state index contributed by atoms with van der Waals surface area (Å²) in [6.07, 6.45) is 1.77. The molecule has 0 radical (unpaired) electrons. The SMILES string of the molecule is CN(C)c1ccc(/C=C2\SC(=Nc3ccccc3[N+](=O)[O-])NC2=O)cc1. The Kier molecular flexibility index (Phi) is 5.04. The summed E-state index contributed by atoms with van der Waals surface area (Å²) >= 11 is 1.16. The van der Waals surface area contributed by atoms with Crippen LogP contribution in [-0.4, -0.2) is 30.1 Å². The molecule has 1 saturated heterocycles. The number of nitrogens with zero attached hydrogens (tertiary/aromatic N) is 3. The Bertz CT molecular complexity index is 920. The molecule has 2 aromatic rings. The molecule has 8 heteroatoms. The molecule has 2 aromatic carbocycles. The zero-order chi connectivity index (χ0) is 18.7. The van der Waals surface area contributed by atoms with Gasteiger partial charge in [-0.15, -0.1) is 0 Å². The number of hydrogen-bond acceptors (Lipinski definition) is 6. The second-order valence-corrected chi connectivity index (χ2v) is 6.74. The van der Waals surface area contributed by atoms with Crippen molar-refractivity contribution in [3.63, 3.8) is 0 Å². The number of nitrogens with one attached hydrogen (secondary N) is 1. The van der Waals surface area contributed by atoms with Gasteiger partial charge in [-0.25, -0.2) is 4.99 Å². The molecule has 0 aromatic heterocycles. The highest BCUT2D eigenvalue weighted by atomic mass is 32.2. The van der Waals surface area contributed by atoms with Crippen LogP contribution in [0.4, 0.5) is 17.1 Å². The number of rotatable bonds is 4. The molecule has 0 atom stereocenters. The number of carbonyl (C=O) groups excluding carboxylic acids is 1. The second kappa shape index (κ2) is 7.40. The Hall–Kier alpha value is -3.13. The van der Waals surface area contributed by atoms with E-state index in [2.05, 4.69) is 10.3 Å². The molecule has 7 nitrogen and oxygen atoms in total. The lowest BCUT2D eigenvalue weighted by Gasteiger charge is -2.11. The number of hydrogen-bond donors (Lipinski definition) is 1. The van der Waals surface area contributed by atoms with Gasteiger partial charge in [-0.05, 0) is 41.6 Å². The zero-order valence-electron chi connectivity index (χ0n) is 14.2. The van der Waals surface area contributed by atoms with Crippen molar-refractivity contribution in [2.75, 3.05) is 19.0 Å². The smallest absolute Gasteiger partial charge is 0.294 e. The number of aliphatic imine (C=N–C) groups is 1. The number of thioether (sulfide) groups is 1. The van der Waals surface area contributed by atoms with Gasteiger partial charge in [-0.3, -0.25) is 14.9 Å². The van der Waals surface area contributed by atoms with Crippen LogP contribution in [0.3, 0.4) is 0 Å². The fourth-order valence-electron chi connectivity index (χ4n) is 2.32. The summed E-state index contributed by atoms with van der Waals surface area (Å²) in [4.78, 5) is 29.4. The summed E-state index contributed by atoms with van der Waals surface area (Å²) in [5, 5.41) is 14.0. The molecule has 26 heavy (non-hydrogen) atoms. The van der Waals surface area contributed by atoms with Gasteiger partial charge in [0.25, 0.3) is 11.6 Å². The lowest BCUT2D eigenvalue weighted by atomic mass is 10.2. The van der Waals surface area contributed by atoms with E-state index in [1.54, 1.807) is 24.3 Å². The first-order valence-corrected chi connectivity index (χ1v) is 8.56. The van der Waals surface area contributed by atoms with E-state index in [1.807, 2.05) is 43.3 Å². The molecule has 0 aliphatic carbocycles. The lowest BCUT2D eigenvalue weighted by molar-refractivity contribution is -0.384. The Morgan fingerprint density at radius 3 is 2.50 bits per heavy atom. The highest BCUT2D eigenvalue weighted by Gasteiger charge is 2.25. The van der Waals surface area contributed by atoms with Crippen LogP contribution in [0.5, 0.6) is 0 Å². The van der Waals surface area contributed by atoms with Gasteiger partial charge in [0.05, 0.1) is 9.83 Å². The van der Waals surface area contributed by atoms with Crippen LogP contribution < -0.4 is 10.2 Å². The first-order chi connectivity index (χ1) is 12.4. The largest absolute Gasteiger partial charge is 0.378 e. The molecule has 3 rings (SSSR count). The standard InChI is InChI=1S/C18H16N4O3S/c1-21(2)13-9-7-12(8-10-13)11-16-17(23)20-18(26-16)19-14-5-3-4-6-15(14)22(24)25/h3-11H,1-2H3,(H,19,20,23)/b16-11-. The first-order valence-electron chi connectivity index (χ1n) is 7.74. The number of nitro benzene ring substituents is 1. The Morgan fingerprint density at radius 1 is 1.15 bits per heavy atom. The second-order valence-electron chi connectivity index (χ2n) is 5.71. The lowest BCUT2D eigenvalue weighted by Crippen LogP contribution is -2.19. The Balaban J connectivity index is 1.83. The maximum absolute atomic E-state index is 12.2. The third-order valence-corrected chi connectivity index (χ3v) is 4.57. The van der Waals surface area contributed by atoms with Gasteiger partial charge in [0, 0.05) is 25.8 Å². The summed E-state index contributed by atoms with van der Waals surface area (Å²) in [7, 11) is 3.92. The molecule has 1 aliphatic rings. The summed E-state index contributed by atoms with van der Waals surface area (Å²) in [5.41, 5.74) is 2.05. The molecule has 0 unspecified atom stereocenters. The molecule has 0 spiro atoms. The van der Waals surface area contributed by atoms with Crippen molar-refractivity contribution in [1.82, 2.24) is 5.32 Å². The molecule has 0 bridgehead atoms. The highest BCUT2D eigenvalue weighted by Crippen LogP contribution is 2.32. The van der Waals surface area contributed by atoms with Gasteiger partial charge in [-0.2, -0.15) is 0 Å². The van der Waals surface area contributed by atoms with E-state index < -0.39 is 4.92 Å². The maximum Gasteiger partial charge on any atom is 0.294 e. The Morgan fingerprint density at radius 2 is 1.85 bits per heavy atom. The Labute approximate surface area is 154 Å². The summed E-state index contributed by atoms with van der Waals surface area (Å²) in [6.45, 7) is 0. The van der Waals surface area contributed by atoms with Crippen molar-refractivity contribution < 1.29 is 9.72 Å². The minimum Gasteiger partial charge on any atom is -0.378 e. The molecular weight excluding hydrogens is 352 g/mol. The normalized spacial score (nSPS) is 16.8. The van der Waals surface area contributed by atoms with Crippen molar-refractivity contribution in [1.29, 1.82) is 0 Å². The van der Waals surface area contributed by atoms with Crippen molar-refractivity contribution in [3.05, 3.63) is 69.1 Å². The number of nitro groups is 1. The third-order valence-electron chi connectivity index (χ3n) is 3.66. The quantitative estimate of drug-likeness (QED) is 0.506. The van der Waals surface area contributed by atoms with Gasteiger partial charge < -0.3 is 10.2 Å². The van der Waals surface area contributed by atoms with Gasteiger partial charge in [0.1, 0.15) is 5.69 Å². The van der Waals surface area contributed by atoms with E-state index in [0.717, 1.165) is 23.0 Å². The zero-order valence-corrected chi connectivity index (χ0v) is 15.0. The molecule has 0 saturated carbocycles. The van der Waals surface area contributed by atoms with E-state index >= 15 is 0 Å². The third kappa shape index (κ3) is 3.92. The molecule has 1 aliphatic heterocycles. The molecule has 1 amide bonds. The molecule has 1 N–H and O–H groups in total. The number of amidine groups is 1. The number of amides is 1. The number of anilines is 1. The van der Waals surface area contributed by atoms with Crippen molar-refractivity contribution in [2.24, 2.45) is 4.99 Å².